The lowest BCUT2D eigenvalue weighted by molar-refractivity contribution is -0.449. The van der Waals surface area contributed by atoms with Crippen molar-refractivity contribution in [3.8, 4) is 5.75 Å². The molecule has 0 bridgehead atoms. The lowest BCUT2D eigenvalue weighted by Crippen LogP contribution is -2.69. The minimum absolute atomic E-state index is 0.00222. The van der Waals surface area contributed by atoms with Gasteiger partial charge in [0, 0.05) is 32.0 Å². The van der Waals surface area contributed by atoms with E-state index in [1.165, 1.54) is 5.57 Å². The van der Waals surface area contributed by atoms with Crippen LogP contribution in [0.4, 0.5) is 5.69 Å². The maximum Gasteiger partial charge on any atom is 0.165 e. The second-order valence-electron chi connectivity index (χ2n) is 11.9. The average Bonchev–Trinajstić information content (AvgIpc) is 3.05. The van der Waals surface area contributed by atoms with Gasteiger partial charge in [-0.05, 0) is 61.4 Å². The van der Waals surface area contributed by atoms with Crippen LogP contribution in [0.1, 0.15) is 25.3 Å². The molecule has 3 heterocycles. The quantitative estimate of drug-likeness (QED) is 0.104. The van der Waals surface area contributed by atoms with E-state index in [9.17, 15) is 0 Å². The van der Waals surface area contributed by atoms with Crippen molar-refractivity contribution in [1.29, 1.82) is 0 Å². The van der Waals surface area contributed by atoms with Crippen molar-refractivity contribution in [3.63, 3.8) is 0 Å². The molecule has 45 heavy (non-hydrogen) atoms. The third-order valence-electron chi connectivity index (χ3n) is 8.79. The molecule has 1 N–H and O–H groups in total. The van der Waals surface area contributed by atoms with Crippen LogP contribution in [0.15, 0.2) is 96.5 Å². The highest BCUT2D eigenvalue weighted by molar-refractivity contribution is 8.76. The highest BCUT2D eigenvalue weighted by Gasteiger charge is 2.38. The first-order valence-electron chi connectivity index (χ1n) is 16.0. The van der Waals surface area contributed by atoms with Gasteiger partial charge in [0.25, 0.3) is 0 Å². The molecular formula is C37H48N4O2S2+2. The summed E-state index contributed by atoms with van der Waals surface area (Å²) < 4.78 is 14.2. The Bertz CT molecular complexity index is 1450. The standard InChI is InChI=1S/C37H47N4O2S2/c1-5-30(6-8-32-10-11-34-35(28-32)42-24-21-39(34)3)13-17-38-18-26-44-45-27-23-41-19-14-31(15-20-41)7-9-33-12-16-37(2)36(29-33)43-25-22-40(37)4/h5-14,17,19-20,28-29,31H,1,15-16,18,21-27H2,2-4H3/q+1/p+1/b8-6+,9-7+,30-13+,38-17?. The second-order valence-corrected chi connectivity index (χ2v) is 14.6. The summed E-state index contributed by atoms with van der Waals surface area (Å²) in [5.74, 6) is 4.64. The van der Waals surface area contributed by atoms with E-state index in [0.717, 1.165) is 92.1 Å². The van der Waals surface area contributed by atoms with Crippen molar-refractivity contribution in [2.24, 2.45) is 5.92 Å². The SMILES string of the molecule is C=CC(/C=C/c1ccc2c(c1)OCCN2C)=C\C=[NH+]CCSSCC[N+]1=CCC(/C=C/C2=CCC3(C)C(=C2)OCCN3C)C=C1. The van der Waals surface area contributed by atoms with E-state index in [2.05, 4.69) is 126 Å². The van der Waals surface area contributed by atoms with Gasteiger partial charge in [-0.25, -0.2) is 9.57 Å². The lowest BCUT2D eigenvalue weighted by atomic mass is 9.85. The molecule has 3 aliphatic heterocycles. The Morgan fingerprint density at radius 2 is 2.02 bits per heavy atom. The number of morpholine rings is 1. The van der Waals surface area contributed by atoms with Gasteiger partial charge in [-0.15, -0.1) is 0 Å². The molecule has 1 saturated heterocycles. The number of rotatable bonds is 13. The number of hydrogen-bond acceptors (Lipinski definition) is 6. The van der Waals surface area contributed by atoms with Crippen LogP contribution in [0.3, 0.4) is 0 Å². The molecule has 5 rings (SSSR count). The van der Waals surface area contributed by atoms with Gasteiger partial charge in [0.15, 0.2) is 25.5 Å². The highest BCUT2D eigenvalue weighted by atomic mass is 33.1. The molecular weight excluding hydrogens is 597 g/mol. The predicted molar refractivity (Wildman–Crippen MR) is 195 cm³/mol. The van der Waals surface area contributed by atoms with Crippen LogP contribution in [0.2, 0.25) is 0 Å². The van der Waals surface area contributed by atoms with Crippen molar-refractivity contribution < 1.29 is 19.0 Å². The van der Waals surface area contributed by atoms with Crippen molar-refractivity contribution in [2.45, 2.75) is 25.3 Å². The highest BCUT2D eigenvalue weighted by Crippen LogP contribution is 2.36. The number of benzene rings is 1. The van der Waals surface area contributed by atoms with Gasteiger partial charge in [0.1, 0.15) is 30.9 Å². The van der Waals surface area contributed by atoms with Gasteiger partial charge in [-0.2, -0.15) is 0 Å². The largest absolute Gasteiger partial charge is 0.495 e. The lowest BCUT2D eigenvalue weighted by Gasteiger charge is -2.45. The van der Waals surface area contributed by atoms with E-state index < -0.39 is 0 Å². The van der Waals surface area contributed by atoms with Gasteiger partial charge >= 0.3 is 0 Å². The number of hydrogen-bond donors (Lipinski definition) is 1. The van der Waals surface area contributed by atoms with E-state index in [4.69, 9.17) is 9.47 Å². The molecule has 8 heteroatoms. The average molecular weight is 645 g/mol. The van der Waals surface area contributed by atoms with Crippen LogP contribution in [-0.2, 0) is 4.74 Å². The maximum absolute atomic E-state index is 6.02. The van der Waals surface area contributed by atoms with Crippen molar-refractivity contribution in [2.75, 3.05) is 69.9 Å². The zero-order chi connectivity index (χ0) is 31.5. The molecule has 1 aromatic carbocycles. The summed E-state index contributed by atoms with van der Waals surface area (Å²) >= 11 is 0. The van der Waals surface area contributed by atoms with Gasteiger partial charge in [-0.3, -0.25) is 4.90 Å². The van der Waals surface area contributed by atoms with Crippen LogP contribution in [0, 0.1) is 5.92 Å². The molecule has 0 radical (unpaired) electrons. The van der Waals surface area contributed by atoms with E-state index in [1.807, 2.05) is 33.9 Å². The molecule has 1 fully saturated rings. The number of ether oxygens (including phenoxy) is 2. The summed E-state index contributed by atoms with van der Waals surface area (Å²) in [4.78, 5) is 8.03. The van der Waals surface area contributed by atoms with Crippen LogP contribution in [0.5, 0.6) is 5.75 Å². The second kappa shape index (κ2) is 16.4. The predicted octanol–water partition coefficient (Wildman–Crippen LogP) is 5.28. The number of anilines is 1. The zero-order valence-corrected chi connectivity index (χ0v) is 28.6. The first-order chi connectivity index (χ1) is 21.9. The minimum atomic E-state index is 0.00222. The normalized spacial score (nSPS) is 23.8. The Morgan fingerprint density at radius 1 is 1.16 bits per heavy atom. The number of likely N-dealkylation sites (N-methyl/N-ethyl adjacent to an activating group) is 2. The topological polar surface area (TPSA) is 41.9 Å². The molecule has 0 spiro atoms. The van der Waals surface area contributed by atoms with Crippen molar-refractivity contribution in [1.82, 2.24) is 4.90 Å². The van der Waals surface area contributed by atoms with Gasteiger partial charge in [0.05, 0.1) is 29.3 Å². The molecule has 2 atom stereocenters. The monoisotopic (exact) mass is 644 g/mol. The van der Waals surface area contributed by atoms with Crippen LogP contribution < -0.4 is 14.6 Å². The summed E-state index contributed by atoms with van der Waals surface area (Å²) in [6.45, 7) is 11.6. The molecule has 238 valence electrons. The fourth-order valence-electron chi connectivity index (χ4n) is 5.60. The van der Waals surface area contributed by atoms with Crippen LogP contribution >= 0.6 is 21.6 Å². The van der Waals surface area contributed by atoms with Crippen LogP contribution in [-0.4, -0.2) is 92.4 Å². The molecule has 0 aromatic heterocycles. The Morgan fingerprint density at radius 3 is 2.87 bits per heavy atom. The zero-order valence-electron chi connectivity index (χ0n) is 27.0. The number of allylic oxidation sites excluding steroid dienone is 9. The van der Waals surface area contributed by atoms with Crippen LogP contribution in [0.25, 0.3) is 6.08 Å². The molecule has 6 nitrogen and oxygen atoms in total. The van der Waals surface area contributed by atoms with E-state index in [0.29, 0.717) is 5.92 Å². The summed E-state index contributed by atoms with van der Waals surface area (Å²) in [7, 11) is 8.15. The molecule has 4 aliphatic rings. The van der Waals surface area contributed by atoms with Crippen molar-refractivity contribution >= 4 is 45.8 Å². The summed E-state index contributed by atoms with van der Waals surface area (Å²) in [6.07, 6.45) is 28.2. The van der Waals surface area contributed by atoms with Gasteiger partial charge in [0.2, 0.25) is 0 Å². The molecule has 1 aliphatic carbocycles. The molecule has 0 saturated carbocycles. The fourth-order valence-corrected chi connectivity index (χ4v) is 7.51. The van der Waals surface area contributed by atoms with Gasteiger partial charge < -0.3 is 14.4 Å². The minimum Gasteiger partial charge on any atom is -0.495 e. The smallest absolute Gasteiger partial charge is 0.165 e. The van der Waals surface area contributed by atoms with E-state index >= 15 is 0 Å². The third-order valence-corrected chi connectivity index (χ3v) is 11.2. The summed E-state index contributed by atoms with van der Waals surface area (Å²) in [6, 6.07) is 6.35. The van der Waals surface area contributed by atoms with Gasteiger partial charge in [-0.1, -0.05) is 70.7 Å². The Balaban J connectivity index is 0.950. The number of nitrogens with one attached hydrogen (secondary N) is 1. The van der Waals surface area contributed by atoms with E-state index in [1.54, 1.807) is 0 Å². The first kappa shape index (κ1) is 33.2. The Kier molecular flexibility index (Phi) is 12.1. The first-order valence-corrected chi connectivity index (χ1v) is 18.5. The third kappa shape index (κ3) is 9.18. The molecule has 1 aromatic rings. The molecule has 2 unspecified atom stereocenters. The molecule has 0 amide bonds. The van der Waals surface area contributed by atoms with Crippen molar-refractivity contribution in [3.05, 3.63) is 102 Å². The Hall–Kier alpha value is -3.20. The Labute approximate surface area is 277 Å². The number of nitrogens with zero attached hydrogens (tertiary/aromatic N) is 3. The fraction of sp³-hybridized carbons (Fsp3) is 0.405. The summed E-state index contributed by atoms with van der Waals surface area (Å²) in [5, 5.41) is 0. The summed E-state index contributed by atoms with van der Waals surface area (Å²) in [5.41, 5.74) is 4.58. The maximum atomic E-state index is 6.02. The number of fused-ring (bicyclic) bond motifs is 2. The van der Waals surface area contributed by atoms with E-state index in [-0.39, 0.29) is 5.54 Å².